The number of amides is 1. The molecule has 1 aromatic heterocycles. The summed E-state index contributed by atoms with van der Waals surface area (Å²) in [5, 5.41) is 0. The Morgan fingerprint density at radius 3 is 2.69 bits per heavy atom. The van der Waals surface area contributed by atoms with Gasteiger partial charge in [0.05, 0.1) is 0 Å². The molecule has 70 valence electrons. The Morgan fingerprint density at radius 1 is 1.62 bits per heavy atom. The third kappa shape index (κ3) is 2.33. The van der Waals surface area contributed by atoms with Crippen LogP contribution in [0, 0.1) is 3.57 Å². The van der Waals surface area contributed by atoms with E-state index in [0.29, 0.717) is 3.57 Å². The zero-order valence-electron chi connectivity index (χ0n) is 6.30. The SMILES string of the molecule is NC(=O)c1cc(C(F)F)c(I)cn1. The van der Waals surface area contributed by atoms with Gasteiger partial charge in [0, 0.05) is 15.3 Å². The van der Waals surface area contributed by atoms with Crippen molar-refractivity contribution < 1.29 is 13.6 Å². The number of carbonyl (C=O) groups excluding carboxylic acids is 1. The van der Waals surface area contributed by atoms with Gasteiger partial charge in [-0.2, -0.15) is 0 Å². The average molecular weight is 298 g/mol. The number of halogens is 3. The Hall–Kier alpha value is -0.790. The maximum atomic E-state index is 12.3. The number of hydrogen-bond acceptors (Lipinski definition) is 2. The molecular weight excluding hydrogens is 293 g/mol. The first kappa shape index (κ1) is 10.3. The first-order valence-corrected chi connectivity index (χ1v) is 4.33. The second-order valence-corrected chi connectivity index (χ2v) is 3.42. The fraction of sp³-hybridized carbons (Fsp3) is 0.143. The van der Waals surface area contributed by atoms with Crippen LogP contribution in [0.25, 0.3) is 0 Å². The third-order valence-corrected chi connectivity index (χ3v) is 2.27. The number of alkyl halides is 2. The number of nitrogens with two attached hydrogens (primary N) is 1. The predicted molar refractivity (Wildman–Crippen MR) is 50.4 cm³/mol. The second-order valence-electron chi connectivity index (χ2n) is 2.26. The summed E-state index contributed by atoms with van der Waals surface area (Å²) in [6.07, 6.45) is -1.42. The van der Waals surface area contributed by atoms with Gasteiger partial charge < -0.3 is 5.73 Å². The van der Waals surface area contributed by atoms with Gasteiger partial charge in [-0.15, -0.1) is 0 Å². The van der Waals surface area contributed by atoms with E-state index in [1.54, 1.807) is 22.6 Å². The third-order valence-electron chi connectivity index (χ3n) is 1.37. The van der Waals surface area contributed by atoms with Crippen LogP contribution in [0.5, 0.6) is 0 Å². The molecule has 13 heavy (non-hydrogen) atoms. The number of pyridine rings is 1. The molecule has 0 atom stereocenters. The lowest BCUT2D eigenvalue weighted by Gasteiger charge is -2.03. The number of aromatic nitrogens is 1. The Kier molecular flexibility index (Phi) is 3.12. The number of hydrogen-bond donors (Lipinski definition) is 1. The molecule has 0 aliphatic rings. The van der Waals surface area contributed by atoms with E-state index in [9.17, 15) is 13.6 Å². The molecule has 0 bridgehead atoms. The number of rotatable bonds is 2. The van der Waals surface area contributed by atoms with Gasteiger partial charge in [-0.1, -0.05) is 0 Å². The van der Waals surface area contributed by atoms with Crippen LogP contribution in [0.4, 0.5) is 8.78 Å². The van der Waals surface area contributed by atoms with E-state index in [-0.39, 0.29) is 11.3 Å². The van der Waals surface area contributed by atoms with Crippen LogP contribution in [0.15, 0.2) is 12.3 Å². The molecule has 0 fully saturated rings. The van der Waals surface area contributed by atoms with Gasteiger partial charge in [-0.05, 0) is 28.7 Å². The summed E-state index contributed by atoms with van der Waals surface area (Å²) < 4.78 is 24.9. The van der Waals surface area contributed by atoms with Gasteiger partial charge in [-0.25, -0.2) is 13.8 Å². The molecule has 1 amide bonds. The standard InChI is InChI=1S/C7H5F2IN2O/c8-6(9)3-1-5(7(11)13)12-2-4(3)10/h1-2,6H,(H2,11,13). The summed E-state index contributed by atoms with van der Waals surface area (Å²) in [6.45, 7) is 0. The van der Waals surface area contributed by atoms with Crippen molar-refractivity contribution in [3.8, 4) is 0 Å². The molecule has 3 nitrogen and oxygen atoms in total. The van der Waals surface area contributed by atoms with Crippen molar-refractivity contribution in [1.82, 2.24) is 4.98 Å². The first-order valence-electron chi connectivity index (χ1n) is 3.25. The second kappa shape index (κ2) is 3.95. The normalized spacial score (nSPS) is 10.5. The zero-order valence-corrected chi connectivity index (χ0v) is 8.46. The van der Waals surface area contributed by atoms with E-state index in [0.717, 1.165) is 6.07 Å². The lowest BCUT2D eigenvalue weighted by Crippen LogP contribution is -2.13. The minimum absolute atomic E-state index is 0.143. The smallest absolute Gasteiger partial charge is 0.267 e. The van der Waals surface area contributed by atoms with Crippen LogP contribution in [-0.4, -0.2) is 10.9 Å². The highest BCUT2D eigenvalue weighted by Gasteiger charge is 2.14. The Bertz CT molecular complexity index is 343. The maximum Gasteiger partial charge on any atom is 0.267 e. The molecular formula is C7H5F2IN2O. The molecule has 0 saturated carbocycles. The fourth-order valence-corrected chi connectivity index (χ4v) is 1.29. The van der Waals surface area contributed by atoms with Crippen molar-refractivity contribution in [3.63, 3.8) is 0 Å². The van der Waals surface area contributed by atoms with Gasteiger partial charge in [0.2, 0.25) is 0 Å². The molecule has 2 N–H and O–H groups in total. The molecule has 0 aromatic carbocycles. The van der Waals surface area contributed by atoms with Crippen molar-refractivity contribution in [2.75, 3.05) is 0 Å². The van der Waals surface area contributed by atoms with E-state index < -0.39 is 12.3 Å². The van der Waals surface area contributed by atoms with E-state index >= 15 is 0 Å². The van der Waals surface area contributed by atoms with E-state index in [1.807, 2.05) is 0 Å². The molecule has 6 heteroatoms. The Labute approximate surface area is 86.5 Å². The highest BCUT2D eigenvalue weighted by molar-refractivity contribution is 14.1. The van der Waals surface area contributed by atoms with Crippen LogP contribution in [0.2, 0.25) is 0 Å². The van der Waals surface area contributed by atoms with Crippen molar-refractivity contribution in [2.45, 2.75) is 6.43 Å². The summed E-state index contributed by atoms with van der Waals surface area (Å²) in [7, 11) is 0. The Morgan fingerprint density at radius 2 is 2.23 bits per heavy atom. The molecule has 0 aliphatic carbocycles. The van der Waals surface area contributed by atoms with Crippen LogP contribution >= 0.6 is 22.6 Å². The van der Waals surface area contributed by atoms with E-state index in [1.165, 1.54) is 6.20 Å². The van der Waals surface area contributed by atoms with Crippen molar-refractivity contribution >= 4 is 28.5 Å². The average Bonchev–Trinajstić information content (AvgIpc) is 2.04. The zero-order chi connectivity index (χ0) is 10.0. The van der Waals surface area contributed by atoms with Crippen LogP contribution in [-0.2, 0) is 0 Å². The van der Waals surface area contributed by atoms with E-state index in [2.05, 4.69) is 4.98 Å². The minimum atomic E-state index is -2.62. The summed E-state index contributed by atoms with van der Waals surface area (Å²) in [5.41, 5.74) is 4.52. The van der Waals surface area contributed by atoms with Crippen LogP contribution in [0.1, 0.15) is 22.5 Å². The molecule has 1 heterocycles. The monoisotopic (exact) mass is 298 g/mol. The quantitative estimate of drug-likeness (QED) is 0.845. The minimum Gasteiger partial charge on any atom is -0.364 e. The number of nitrogens with zero attached hydrogens (tertiary/aromatic N) is 1. The summed E-state index contributed by atoms with van der Waals surface area (Å²) in [5.74, 6) is -0.807. The van der Waals surface area contributed by atoms with Gasteiger partial charge in [0.1, 0.15) is 5.69 Å². The topological polar surface area (TPSA) is 56.0 Å². The first-order chi connectivity index (χ1) is 6.02. The lowest BCUT2D eigenvalue weighted by molar-refractivity contribution is 0.0995. The highest BCUT2D eigenvalue weighted by atomic mass is 127. The van der Waals surface area contributed by atoms with Gasteiger partial charge in [0.15, 0.2) is 0 Å². The van der Waals surface area contributed by atoms with E-state index in [4.69, 9.17) is 5.73 Å². The highest BCUT2D eigenvalue weighted by Crippen LogP contribution is 2.23. The lowest BCUT2D eigenvalue weighted by atomic mass is 10.2. The van der Waals surface area contributed by atoms with Crippen LogP contribution in [0.3, 0.4) is 0 Å². The Balaban J connectivity index is 3.19. The number of carbonyl (C=O) groups is 1. The summed E-state index contributed by atoms with van der Waals surface area (Å²) >= 11 is 1.72. The summed E-state index contributed by atoms with van der Waals surface area (Å²) in [4.78, 5) is 14.2. The molecule has 1 aromatic rings. The van der Waals surface area contributed by atoms with Crippen molar-refractivity contribution in [2.24, 2.45) is 5.73 Å². The van der Waals surface area contributed by atoms with Crippen LogP contribution < -0.4 is 5.73 Å². The largest absolute Gasteiger partial charge is 0.364 e. The molecule has 1 rings (SSSR count). The van der Waals surface area contributed by atoms with Crippen molar-refractivity contribution in [3.05, 3.63) is 27.1 Å². The fourth-order valence-electron chi connectivity index (χ4n) is 0.756. The molecule has 0 spiro atoms. The molecule has 0 saturated heterocycles. The molecule has 0 aliphatic heterocycles. The van der Waals surface area contributed by atoms with Gasteiger partial charge >= 0.3 is 0 Å². The van der Waals surface area contributed by atoms with Gasteiger partial charge in [-0.3, -0.25) is 4.79 Å². The predicted octanol–water partition coefficient (Wildman–Crippen LogP) is 1.72. The van der Waals surface area contributed by atoms with Crippen molar-refractivity contribution in [1.29, 1.82) is 0 Å². The maximum absolute atomic E-state index is 12.3. The molecule has 0 unspecified atom stereocenters. The summed E-state index contributed by atoms with van der Waals surface area (Å²) in [6, 6.07) is 1.01. The van der Waals surface area contributed by atoms with Gasteiger partial charge in [0.25, 0.3) is 12.3 Å². The number of primary amides is 1. The molecule has 0 radical (unpaired) electrons.